The number of amides is 1. The zero-order chi connectivity index (χ0) is 15.0. The highest BCUT2D eigenvalue weighted by molar-refractivity contribution is 6.01. The highest BCUT2D eigenvalue weighted by Crippen LogP contribution is 2.24. The third kappa shape index (κ3) is 4.55. The second-order valence-corrected chi connectivity index (χ2v) is 3.94. The molecule has 1 amide bonds. The standard InChI is InChI=1S/C14H20N2O4/c1-5-20-9-14(17)16-15-10(2)12-7-6-11(18-3)8-13(12)19-4/h6-8H,5,9H2,1-4H3,(H,16,17)/b15-10+. The quantitative estimate of drug-likeness (QED) is 0.608. The summed E-state index contributed by atoms with van der Waals surface area (Å²) < 4.78 is 15.4. The van der Waals surface area contributed by atoms with Gasteiger partial charge in [0.25, 0.3) is 5.91 Å². The predicted octanol–water partition coefficient (Wildman–Crippen LogP) is 1.58. The molecule has 0 saturated carbocycles. The number of hydrogen-bond donors (Lipinski definition) is 1. The van der Waals surface area contributed by atoms with Crippen molar-refractivity contribution in [1.82, 2.24) is 5.43 Å². The van der Waals surface area contributed by atoms with Crippen LogP contribution in [0.4, 0.5) is 0 Å². The average molecular weight is 280 g/mol. The number of hydrogen-bond acceptors (Lipinski definition) is 5. The second-order valence-electron chi connectivity index (χ2n) is 3.94. The van der Waals surface area contributed by atoms with Crippen LogP contribution in [0.2, 0.25) is 0 Å². The monoisotopic (exact) mass is 280 g/mol. The molecule has 0 spiro atoms. The van der Waals surface area contributed by atoms with Crippen LogP contribution in [0.15, 0.2) is 23.3 Å². The zero-order valence-corrected chi connectivity index (χ0v) is 12.2. The molecule has 0 unspecified atom stereocenters. The van der Waals surface area contributed by atoms with Gasteiger partial charge in [0.2, 0.25) is 0 Å². The second kappa shape index (κ2) is 8.16. The molecular weight excluding hydrogens is 260 g/mol. The Hall–Kier alpha value is -2.08. The number of nitrogens with one attached hydrogen (secondary N) is 1. The maximum Gasteiger partial charge on any atom is 0.266 e. The molecule has 1 rings (SSSR count). The van der Waals surface area contributed by atoms with E-state index in [0.29, 0.717) is 23.8 Å². The molecule has 0 radical (unpaired) electrons. The molecular formula is C14H20N2O4. The summed E-state index contributed by atoms with van der Waals surface area (Å²) in [4.78, 5) is 11.4. The van der Waals surface area contributed by atoms with Gasteiger partial charge in [0, 0.05) is 18.2 Å². The third-order valence-corrected chi connectivity index (χ3v) is 2.58. The lowest BCUT2D eigenvalue weighted by Gasteiger charge is -2.10. The molecule has 0 aliphatic carbocycles. The highest BCUT2D eigenvalue weighted by Gasteiger charge is 2.08. The SMILES string of the molecule is CCOCC(=O)N/N=C(\C)c1ccc(OC)cc1OC. The number of carbonyl (C=O) groups excluding carboxylic acids is 1. The summed E-state index contributed by atoms with van der Waals surface area (Å²) in [5.41, 5.74) is 3.85. The lowest BCUT2D eigenvalue weighted by atomic mass is 10.1. The zero-order valence-electron chi connectivity index (χ0n) is 12.2. The minimum atomic E-state index is -0.293. The molecule has 20 heavy (non-hydrogen) atoms. The molecule has 0 bridgehead atoms. The molecule has 1 N–H and O–H groups in total. The van der Waals surface area contributed by atoms with Gasteiger partial charge in [-0.2, -0.15) is 5.10 Å². The van der Waals surface area contributed by atoms with Crippen LogP contribution < -0.4 is 14.9 Å². The first-order chi connectivity index (χ1) is 9.62. The van der Waals surface area contributed by atoms with Crippen molar-refractivity contribution in [2.75, 3.05) is 27.4 Å². The van der Waals surface area contributed by atoms with Crippen LogP contribution >= 0.6 is 0 Å². The number of nitrogens with zero attached hydrogens (tertiary/aromatic N) is 1. The summed E-state index contributed by atoms with van der Waals surface area (Å²) in [5, 5.41) is 4.03. The predicted molar refractivity (Wildman–Crippen MR) is 76.4 cm³/mol. The van der Waals surface area contributed by atoms with E-state index in [9.17, 15) is 4.79 Å². The van der Waals surface area contributed by atoms with Crippen molar-refractivity contribution in [3.05, 3.63) is 23.8 Å². The molecule has 0 saturated heterocycles. The first kappa shape index (κ1) is 16.0. The van der Waals surface area contributed by atoms with Gasteiger partial charge in [-0.15, -0.1) is 0 Å². The molecule has 0 aliphatic rings. The van der Waals surface area contributed by atoms with Crippen LogP contribution in [0.3, 0.4) is 0 Å². The smallest absolute Gasteiger partial charge is 0.266 e. The number of carbonyl (C=O) groups is 1. The fraction of sp³-hybridized carbons (Fsp3) is 0.429. The van der Waals surface area contributed by atoms with Crippen LogP contribution in [0.25, 0.3) is 0 Å². The third-order valence-electron chi connectivity index (χ3n) is 2.58. The minimum absolute atomic E-state index is 0.00692. The van der Waals surface area contributed by atoms with E-state index in [1.165, 1.54) is 0 Å². The van der Waals surface area contributed by atoms with Gasteiger partial charge < -0.3 is 14.2 Å². The van der Waals surface area contributed by atoms with Gasteiger partial charge in [-0.1, -0.05) is 0 Å². The van der Waals surface area contributed by atoms with E-state index < -0.39 is 0 Å². The van der Waals surface area contributed by atoms with Crippen LogP contribution in [0, 0.1) is 0 Å². The Kier molecular flexibility index (Phi) is 6.52. The molecule has 0 heterocycles. The van der Waals surface area contributed by atoms with E-state index in [-0.39, 0.29) is 12.5 Å². The fourth-order valence-electron chi connectivity index (χ4n) is 1.53. The molecule has 0 fully saturated rings. The lowest BCUT2D eigenvalue weighted by molar-refractivity contribution is -0.125. The Morgan fingerprint density at radius 2 is 2.05 bits per heavy atom. The Labute approximate surface area is 118 Å². The van der Waals surface area contributed by atoms with Crippen molar-refractivity contribution < 1.29 is 19.0 Å². The first-order valence-electron chi connectivity index (χ1n) is 6.25. The summed E-state index contributed by atoms with van der Waals surface area (Å²) in [6.45, 7) is 4.09. The summed E-state index contributed by atoms with van der Waals surface area (Å²) in [6, 6.07) is 5.39. The summed E-state index contributed by atoms with van der Waals surface area (Å²) >= 11 is 0. The maximum atomic E-state index is 11.4. The van der Waals surface area contributed by atoms with Gasteiger partial charge in [-0.3, -0.25) is 4.79 Å². The lowest BCUT2D eigenvalue weighted by Crippen LogP contribution is -2.24. The van der Waals surface area contributed by atoms with E-state index in [1.54, 1.807) is 33.3 Å². The number of ether oxygens (including phenoxy) is 3. The molecule has 1 aromatic carbocycles. The van der Waals surface area contributed by atoms with E-state index in [1.807, 2.05) is 13.0 Å². The Morgan fingerprint density at radius 3 is 2.65 bits per heavy atom. The van der Waals surface area contributed by atoms with Crippen LogP contribution in [0.1, 0.15) is 19.4 Å². The Morgan fingerprint density at radius 1 is 1.30 bits per heavy atom. The summed E-state index contributed by atoms with van der Waals surface area (Å²) in [5.74, 6) is 1.03. The number of hydrazone groups is 1. The molecule has 110 valence electrons. The fourth-order valence-corrected chi connectivity index (χ4v) is 1.53. The highest BCUT2D eigenvalue weighted by atomic mass is 16.5. The average Bonchev–Trinajstić information content (AvgIpc) is 2.49. The van der Waals surface area contributed by atoms with Crippen molar-refractivity contribution in [3.63, 3.8) is 0 Å². The van der Waals surface area contributed by atoms with Crippen molar-refractivity contribution in [2.45, 2.75) is 13.8 Å². The number of methoxy groups -OCH3 is 2. The molecule has 0 aliphatic heterocycles. The van der Waals surface area contributed by atoms with Crippen LogP contribution in [-0.4, -0.2) is 39.1 Å². The summed E-state index contributed by atoms with van der Waals surface area (Å²) in [6.07, 6.45) is 0. The van der Waals surface area contributed by atoms with Gasteiger partial charge in [-0.25, -0.2) is 5.43 Å². The van der Waals surface area contributed by atoms with Gasteiger partial charge in [0.05, 0.1) is 19.9 Å². The van der Waals surface area contributed by atoms with E-state index in [2.05, 4.69) is 10.5 Å². The molecule has 6 heteroatoms. The number of rotatable bonds is 7. The van der Waals surface area contributed by atoms with Crippen molar-refractivity contribution in [1.29, 1.82) is 0 Å². The maximum absolute atomic E-state index is 11.4. The molecule has 0 aromatic heterocycles. The Balaban J connectivity index is 2.80. The Bertz CT molecular complexity index is 486. The first-order valence-corrected chi connectivity index (χ1v) is 6.25. The number of benzene rings is 1. The topological polar surface area (TPSA) is 69.2 Å². The van der Waals surface area contributed by atoms with Gasteiger partial charge in [-0.05, 0) is 26.0 Å². The van der Waals surface area contributed by atoms with E-state index in [0.717, 1.165) is 5.56 Å². The van der Waals surface area contributed by atoms with Crippen LogP contribution in [-0.2, 0) is 9.53 Å². The summed E-state index contributed by atoms with van der Waals surface area (Å²) in [7, 11) is 3.16. The van der Waals surface area contributed by atoms with Crippen molar-refractivity contribution >= 4 is 11.6 Å². The molecule has 6 nitrogen and oxygen atoms in total. The van der Waals surface area contributed by atoms with Crippen LogP contribution in [0.5, 0.6) is 11.5 Å². The van der Waals surface area contributed by atoms with Gasteiger partial charge in [0.1, 0.15) is 18.1 Å². The normalized spacial score (nSPS) is 11.1. The largest absolute Gasteiger partial charge is 0.497 e. The van der Waals surface area contributed by atoms with Gasteiger partial charge >= 0.3 is 0 Å². The minimum Gasteiger partial charge on any atom is -0.497 e. The van der Waals surface area contributed by atoms with E-state index in [4.69, 9.17) is 14.2 Å². The molecule has 0 atom stereocenters. The van der Waals surface area contributed by atoms with Gasteiger partial charge in [0.15, 0.2) is 0 Å². The van der Waals surface area contributed by atoms with Crippen molar-refractivity contribution in [2.24, 2.45) is 5.10 Å². The van der Waals surface area contributed by atoms with E-state index >= 15 is 0 Å². The molecule has 1 aromatic rings. The van der Waals surface area contributed by atoms with Crippen molar-refractivity contribution in [3.8, 4) is 11.5 Å².